The molecule has 0 aromatic rings. The van der Waals surface area contributed by atoms with Crippen LogP contribution in [-0.4, -0.2) is 26.5 Å². The molecule has 0 aromatic heterocycles. The second kappa shape index (κ2) is 5.80. The summed E-state index contributed by atoms with van der Waals surface area (Å²) < 4.78 is 11.1. The van der Waals surface area contributed by atoms with Crippen LogP contribution < -0.4 is 0 Å². The second-order valence-corrected chi connectivity index (χ2v) is 6.01. The van der Waals surface area contributed by atoms with Gasteiger partial charge in [0.2, 0.25) is 0 Å². The molecule has 96 valence electrons. The van der Waals surface area contributed by atoms with E-state index in [2.05, 4.69) is 0 Å². The van der Waals surface area contributed by atoms with Crippen LogP contribution in [0.3, 0.4) is 0 Å². The highest BCUT2D eigenvalue weighted by Crippen LogP contribution is 2.49. The first-order valence-corrected chi connectivity index (χ1v) is 7.18. The van der Waals surface area contributed by atoms with Crippen LogP contribution in [0, 0.1) is 5.41 Å². The smallest absolute Gasteiger partial charge is 0.339 e. The molecule has 5 nitrogen and oxygen atoms in total. The van der Waals surface area contributed by atoms with E-state index in [1.807, 2.05) is 20.8 Å². The van der Waals surface area contributed by atoms with Crippen molar-refractivity contribution < 1.29 is 24.3 Å². The Kier molecular flexibility index (Phi) is 5.66. The van der Waals surface area contributed by atoms with Gasteiger partial charge in [-0.05, 0) is 11.8 Å². The average molecular weight is 252 g/mol. The van der Waals surface area contributed by atoms with Crippen molar-refractivity contribution in [1.82, 2.24) is 0 Å². The van der Waals surface area contributed by atoms with Gasteiger partial charge >= 0.3 is 13.6 Å². The lowest BCUT2D eigenvalue weighted by Gasteiger charge is -2.33. The topological polar surface area (TPSA) is 94.8 Å². The summed E-state index contributed by atoms with van der Waals surface area (Å²) in [6.07, 6.45) is 2.22. The highest BCUT2D eigenvalue weighted by atomic mass is 31.2. The highest BCUT2D eigenvalue weighted by molar-refractivity contribution is 7.53. The molecule has 0 heterocycles. The van der Waals surface area contributed by atoms with Gasteiger partial charge in [0.15, 0.2) is 5.66 Å². The Labute approximate surface area is 96.0 Å². The monoisotopic (exact) mass is 252 g/mol. The predicted molar refractivity (Wildman–Crippen MR) is 61.4 cm³/mol. The van der Waals surface area contributed by atoms with E-state index in [0.29, 0.717) is 0 Å². The van der Waals surface area contributed by atoms with Gasteiger partial charge in [-0.3, -0.25) is 9.36 Å². The second-order valence-electron chi connectivity index (χ2n) is 4.21. The van der Waals surface area contributed by atoms with E-state index in [4.69, 9.17) is 14.9 Å². The first kappa shape index (κ1) is 15.6. The zero-order valence-electron chi connectivity index (χ0n) is 10.0. The third-order valence-electron chi connectivity index (χ3n) is 3.57. The van der Waals surface area contributed by atoms with Gasteiger partial charge in [-0.25, -0.2) is 0 Å². The van der Waals surface area contributed by atoms with Gasteiger partial charge < -0.3 is 14.9 Å². The maximum atomic E-state index is 11.1. The minimum atomic E-state index is -4.57. The lowest BCUT2D eigenvalue weighted by Crippen LogP contribution is -2.30. The van der Waals surface area contributed by atoms with Crippen LogP contribution in [0.1, 0.15) is 46.5 Å². The molecule has 0 saturated carbocycles. The molecule has 1 atom stereocenters. The van der Waals surface area contributed by atoms with E-state index in [-0.39, 0.29) is 11.8 Å². The molecular formula is C10H21O5P. The Morgan fingerprint density at radius 1 is 1.19 bits per heavy atom. The molecule has 16 heavy (non-hydrogen) atoms. The largest absolute Gasteiger partial charge is 0.481 e. The van der Waals surface area contributed by atoms with Gasteiger partial charge in [0.1, 0.15) is 0 Å². The Bertz CT molecular complexity index is 271. The first-order valence-electron chi connectivity index (χ1n) is 5.50. The summed E-state index contributed by atoms with van der Waals surface area (Å²) >= 11 is 0. The number of hydrogen-bond donors (Lipinski definition) is 3. The molecule has 6 heteroatoms. The van der Waals surface area contributed by atoms with Crippen molar-refractivity contribution >= 4 is 13.6 Å². The minimum absolute atomic E-state index is 0.0378. The lowest BCUT2D eigenvalue weighted by molar-refractivity contribution is -0.137. The van der Waals surface area contributed by atoms with E-state index >= 15 is 0 Å². The fourth-order valence-corrected chi connectivity index (χ4v) is 2.86. The van der Waals surface area contributed by atoms with Crippen LogP contribution in [0.25, 0.3) is 0 Å². The fourth-order valence-electron chi connectivity index (χ4n) is 1.94. The molecule has 0 spiro atoms. The highest BCUT2D eigenvalue weighted by Gasteiger charge is 2.41. The van der Waals surface area contributed by atoms with Gasteiger partial charge in [-0.15, -0.1) is 0 Å². The number of carbonyl (C=O) groups is 1. The van der Waals surface area contributed by atoms with E-state index < -0.39 is 19.2 Å². The molecule has 0 rings (SSSR count). The fraction of sp³-hybridized carbons (Fsp3) is 0.900. The number of aliphatic carboxylic acids is 1. The van der Waals surface area contributed by atoms with E-state index in [0.717, 1.165) is 19.3 Å². The molecule has 0 aliphatic rings. The van der Waals surface area contributed by atoms with Crippen molar-refractivity contribution in [3.8, 4) is 0 Å². The number of hydrogen-bond acceptors (Lipinski definition) is 2. The van der Waals surface area contributed by atoms with Crippen molar-refractivity contribution in [3.05, 3.63) is 0 Å². The van der Waals surface area contributed by atoms with Crippen molar-refractivity contribution in [1.29, 1.82) is 0 Å². The van der Waals surface area contributed by atoms with Crippen LogP contribution in [0.15, 0.2) is 0 Å². The summed E-state index contributed by atoms with van der Waals surface area (Å²) in [4.78, 5) is 28.9. The quantitative estimate of drug-likeness (QED) is 0.604. The molecule has 1 unspecified atom stereocenters. The maximum absolute atomic E-state index is 11.1. The molecule has 0 aliphatic heterocycles. The SMILES string of the molecule is CCC(CC)(CC)CC(C(=O)O)P(=O)(O)O. The molecule has 0 aliphatic carbocycles. The number of carboxylic acid groups (broad SMARTS) is 1. The Balaban J connectivity index is 5.01. The maximum Gasteiger partial charge on any atom is 0.339 e. The van der Waals surface area contributed by atoms with Crippen LogP contribution in [0.2, 0.25) is 0 Å². The third-order valence-corrected chi connectivity index (χ3v) is 4.78. The molecule has 0 radical (unpaired) electrons. The Hall–Kier alpha value is -0.380. The van der Waals surface area contributed by atoms with Gasteiger partial charge in [0, 0.05) is 0 Å². The molecule has 0 aromatic carbocycles. The molecule has 0 amide bonds. The lowest BCUT2D eigenvalue weighted by atomic mass is 9.76. The van der Waals surface area contributed by atoms with Crippen LogP contribution in [0.5, 0.6) is 0 Å². The zero-order chi connectivity index (χ0) is 13.0. The molecule has 3 N–H and O–H groups in total. The van der Waals surface area contributed by atoms with Crippen molar-refractivity contribution in [3.63, 3.8) is 0 Å². The van der Waals surface area contributed by atoms with Gasteiger partial charge in [0.05, 0.1) is 0 Å². The average Bonchev–Trinajstić information content (AvgIpc) is 2.18. The molecule has 0 bridgehead atoms. The van der Waals surface area contributed by atoms with Crippen molar-refractivity contribution in [2.45, 2.75) is 52.1 Å². The Morgan fingerprint density at radius 2 is 1.56 bits per heavy atom. The van der Waals surface area contributed by atoms with Gasteiger partial charge in [0.25, 0.3) is 0 Å². The van der Waals surface area contributed by atoms with Crippen LogP contribution >= 0.6 is 7.60 Å². The predicted octanol–water partition coefficient (Wildman–Crippen LogP) is 2.22. The summed E-state index contributed by atoms with van der Waals surface area (Å²) in [7, 11) is -4.57. The van der Waals surface area contributed by atoms with Crippen molar-refractivity contribution in [2.75, 3.05) is 0 Å². The molecular weight excluding hydrogens is 231 g/mol. The van der Waals surface area contributed by atoms with Crippen molar-refractivity contribution in [2.24, 2.45) is 5.41 Å². The van der Waals surface area contributed by atoms with Crippen LogP contribution in [0.4, 0.5) is 0 Å². The summed E-state index contributed by atoms with van der Waals surface area (Å²) in [5.74, 6) is -1.41. The normalized spacial score (nSPS) is 14.8. The van der Waals surface area contributed by atoms with E-state index in [1.165, 1.54) is 0 Å². The van der Waals surface area contributed by atoms with E-state index in [1.54, 1.807) is 0 Å². The summed E-state index contributed by atoms with van der Waals surface area (Å²) in [6, 6.07) is 0. The van der Waals surface area contributed by atoms with Gasteiger partial charge in [-0.2, -0.15) is 0 Å². The zero-order valence-corrected chi connectivity index (χ0v) is 10.9. The number of carboxylic acids is 1. The standard InChI is InChI=1S/C10H21O5P/c1-4-10(5-2,6-3)7-8(9(11)12)16(13,14)15/h8H,4-7H2,1-3H3,(H,11,12)(H2,13,14,15). The third kappa shape index (κ3) is 3.89. The van der Waals surface area contributed by atoms with E-state index in [9.17, 15) is 9.36 Å². The molecule has 0 fully saturated rings. The van der Waals surface area contributed by atoms with Gasteiger partial charge in [-0.1, -0.05) is 40.0 Å². The van der Waals surface area contributed by atoms with Crippen LogP contribution in [-0.2, 0) is 9.36 Å². The summed E-state index contributed by atoms with van der Waals surface area (Å²) in [5, 5.41) is 8.87. The first-order chi connectivity index (χ1) is 7.22. The summed E-state index contributed by atoms with van der Waals surface area (Å²) in [6.45, 7) is 5.77. The number of rotatable bonds is 7. The molecule has 0 saturated heterocycles. The Morgan fingerprint density at radius 3 is 1.75 bits per heavy atom. The minimum Gasteiger partial charge on any atom is -0.481 e. The summed E-state index contributed by atoms with van der Waals surface area (Å²) in [5.41, 5.74) is -1.86.